The van der Waals surface area contributed by atoms with Crippen molar-refractivity contribution in [3.8, 4) is 0 Å². The van der Waals surface area contributed by atoms with E-state index in [-0.39, 0.29) is 18.4 Å². The summed E-state index contributed by atoms with van der Waals surface area (Å²) in [6, 6.07) is 17.8. The number of benzene rings is 2. The van der Waals surface area contributed by atoms with Crippen LogP contribution in [0.4, 0.5) is 5.69 Å². The third-order valence-electron chi connectivity index (χ3n) is 3.21. The Kier molecular flexibility index (Phi) is 6.58. The fourth-order valence-corrected chi connectivity index (χ4v) is 2.41. The fourth-order valence-electron chi connectivity index (χ4n) is 2.05. The molecule has 2 rings (SSSR count). The lowest BCUT2D eigenvalue weighted by Crippen LogP contribution is -2.28. The molecule has 0 saturated carbocycles. The summed E-state index contributed by atoms with van der Waals surface area (Å²) < 4.78 is 1.16. The highest BCUT2D eigenvalue weighted by molar-refractivity contribution is 14.1. The van der Waals surface area contributed by atoms with E-state index in [0.29, 0.717) is 0 Å². The molecule has 0 aliphatic rings. The first-order chi connectivity index (χ1) is 11.1. The lowest BCUT2D eigenvalue weighted by molar-refractivity contribution is -0.119. The number of hydrazone groups is 1. The Morgan fingerprint density at radius 2 is 1.74 bits per heavy atom. The molecule has 0 fully saturated rings. The standard InChI is InChI=1S/C18H20IN3O/c1-13(2)18(14-6-4-3-5-7-14)22-21-17(23)12-20-16-10-8-15(19)9-11-16/h3-11,13,20H,12H2,1-2H3,(H,21,23)/b22-18+. The Morgan fingerprint density at radius 3 is 2.35 bits per heavy atom. The molecule has 0 saturated heterocycles. The lowest BCUT2D eigenvalue weighted by Gasteiger charge is -2.11. The van der Waals surface area contributed by atoms with Crippen LogP contribution in [0, 0.1) is 9.49 Å². The zero-order chi connectivity index (χ0) is 16.7. The molecule has 0 aliphatic carbocycles. The van der Waals surface area contributed by atoms with Crippen molar-refractivity contribution in [3.63, 3.8) is 0 Å². The lowest BCUT2D eigenvalue weighted by atomic mass is 10.0. The SMILES string of the molecule is CC(C)/C(=N\NC(=O)CNc1ccc(I)cc1)c1ccccc1. The predicted molar refractivity (Wildman–Crippen MR) is 104 cm³/mol. The first-order valence-corrected chi connectivity index (χ1v) is 8.55. The minimum Gasteiger partial charge on any atom is -0.376 e. The summed E-state index contributed by atoms with van der Waals surface area (Å²) in [7, 11) is 0. The van der Waals surface area contributed by atoms with Gasteiger partial charge in [0, 0.05) is 9.26 Å². The number of carbonyl (C=O) groups excluding carboxylic acids is 1. The molecule has 2 aromatic carbocycles. The third-order valence-corrected chi connectivity index (χ3v) is 3.93. The van der Waals surface area contributed by atoms with Crippen molar-refractivity contribution in [1.82, 2.24) is 5.43 Å². The van der Waals surface area contributed by atoms with Gasteiger partial charge in [-0.2, -0.15) is 5.10 Å². The molecule has 0 spiro atoms. The average Bonchev–Trinajstić information content (AvgIpc) is 2.55. The van der Waals surface area contributed by atoms with Crippen LogP contribution in [-0.4, -0.2) is 18.2 Å². The largest absolute Gasteiger partial charge is 0.376 e. The van der Waals surface area contributed by atoms with Crippen LogP contribution in [0.15, 0.2) is 59.7 Å². The van der Waals surface area contributed by atoms with Crippen LogP contribution < -0.4 is 10.7 Å². The van der Waals surface area contributed by atoms with E-state index in [1.54, 1.807) is 0 Å². The van der Waals surface area contributed by atoms with Gasteiger partial charge >= 0.3 is 0 Å². The van der Waals surface area contributed by atoms with Crippen molar-refractivity contribution in [2.75, 3.05) is 11.9 Å². The van der Waals surface area contributed by atoms with E-state index in [4.69, 9.17) is 0 Å². The fraction of sp³-hybridized carbons (Fsp3) is 0.222. The van der Waals surface area contributed by atoms with Crippen molar-refractivity contribution in [2.24, 2.45) is 11.0 Å². The number of amides is 1. The topological polar surface area (TPSA) is 53.5 Å². The third kappa shape index (κ3) is 5.67. The molecule has 2 aromatic rings. The number of hydrogen-bond acceptors (Lipinski definition) is 3. The summed E-state index contributed by atoms with van der Waals surface area (Å²) >= 11 is 2.25. The van der Waals surface area contributed by atoms with Gasteiger partial charge in [-0.25, -0.2) is 5.43 Å². The van der Waals surface area contributed by atoms with Gasteiger partial charge in [0.15, 0.2) is 0 Å². The second-order valence-corrected chi connectivity index (χ2v) is 6.66. The van der Waals surface area contributed by atoms with Gasteiger partial charge in [0.2, 0.25) is 0 Å². The van der Waals surface area contributed by atoms with Gasteiger partial charge in [0.25, 0.3) is 5.91 Å². The maximum absolute atomic E-state index is 12.0. The molecule has 0 aliphatic heterocycles. The summed E-state index contributed by atoms with van der Waals surface area (Å²) in [6.45, 7) is 4.30. The van der Waals surface area contributed by atoms with Crippen LogP contribution >= 0.6 is 22.6 Å². The Morgan fingerprint density at radius 1 is 1.09 bits per heavy atom. The zero-order valence-electron chi connectivity index (χ0n) is 13.2. The van der Waals surface area contributed by atoms with Gasteiger partial charge in [-0.05, 0) is 58.3 Å². The van der Waals surface area contributed by atoms with Gasteiger partial charge in [-0.3, -0.25) is 4.79 Å². The van der Waals surface area contributed by atoms with Gasteiger partial charge in [0.1, 0.15) is 0 Å². The molecule has 5 heteroatoms. The van der Waals surface area contributed by atoms with Crippen LogP contribution in [0.5, 0.6) is 0 Å². The van der Waals surface area contributed by atoms with E-state index in [2.05, 4.69) is 52.3 Å². The van der Waals surface area contributed by atoms with Gasteiger partial charge < -0.3 is 5.32 Å². The van der Waals surface area contributed by atoms with Crippen molar-refractivity contribution < 1.29 is 4.79 Å². The maximum atomic E-state index is 12.0. The van der Waals surface area contributed by atoms with Crippen molar-refractivity contribution in [1.29, 1.82) is 0 Å². The summed E-state index contributed by atoms with van der Waals surface area (Å²) in [5, 5.41) is 7.38. The Balaban J connectivity index is 1.94. The monoisotopic (exact) mass is 421 g/mol. The quantitative estimate of drug-likeness (QED) is 0.423. The number of hydrogen-bond donors (Lipinski definition) is 2. The van der Waals surface area contributed by atoms with Crippen LogP contribution in [0.25, 0.3) is 0 Å². The first-order valence-electron chi connectivity index (χ1n) is 7.47. The van der Waals surface area contributed by atoms with Gasteiger partial charge in [-0.1, -0.05) is 44.2 Å². The second kappa shape index (κ2) is 8.67. The summed E-state index contributed by atoms with van der Waals surface area (Å²) in [5.74, 6) is 0.0551. The minimum absolute atomic E-state index is 0.169. The van der Waals surface area contributed by atoms with E-state index in [1.807, 2.05) is 54.6 Å². The number of halogens is 1. The Labute approximate surface area is 150 Å². The minimum atomic E-state index is -0.169. The van der Waals surface area contributed by atoms with Crippen LogP contribution in [0.3, 0.4) is 0 Å². The molecule has 120 valence electrons. The molecule has 23 heavy (non-hydrogen) atoms. The molecule has 1 amide bonds. The van der Waals surface area contributed by atoms with Crippen molar-refractivity contribution >= 4 is 39.9 Å². The van der Waals surface area contributed by atoms with Gasteiger partial charge in [-0.15, -0.1) is 0 Å². The van der Waals surface area contributed by atoms with E-state index >= 15 is 0 Å². The molecule has 0 unspecified atom stereocenters. The number of nitrogens with zero attached hydrogens (tertiary/aromatic N) is 1. The number of carbonyl (C=O) groups is 1. The molecule has 0 bridgehead atoms. The highest BCUT2D eigenvalue weighted by atomic mass is 127. The summed E-state index contributed by atoms with van der Waals surface area (Å²) in [5.41, 5.74) is 5.43. The van der Waals surface area contributed by atoms with Crippen LogP contribution in [0.2, 0.25) is 0 Å². The zero-order valence-corrected chi connectivity index (χ0v) is 15.4. The molecule has 0 heterocycles. The predicted octanol–water partition coefficient (Wildman–Crippen LogP) is 3.88. The van der Waals surface area contributed by atoms with Crippen molar-refractivity contribution in [3.05, 3.63) is 63.7 Å². The van der Waals surface area contributed by atoms with E-state index in [9.17, 15) is 4.79 Å². The molecule has 0 aromatic heterocycles. The summed E-state index contributed by atoms with van der Waals surface area (Å²) in [4.78, 5) is 12.0. The molecule has 4 nitrogen and oxygen atoms in total. The second-order valence-electron chi connectivity index (χ2n) is 5.41. The summed E-state index contributed by atoms with van der Waals surface area (Å²) in [6.07, 6.45) is 0. The number of anilines is 1. The normalized spacial score (nSPS) is 11.4. The van der Waals surface area contributed by atoms with Gasteiger partial charge in [0.05, 0.1) is 12.3 Å². The number of rotatable bonds is 6. The highest BCUT2D eigenvalue weighted by Gasteiger charge is 2.09. The van der Waals surface area contributed by atoms with E-state index in [0.717, 1.165) is 20.5 Å². The smallest absolute Gasteiger partial charge is 0.259 e. The van der Waals surface area contributed by atoms with E-state index < -0.39 is 0 Å². The number of nitrogens with one attached hydrogen (secondary N) is 2. The highest BCUT2D eigenvalue weighted by Crippen LogP contribution is 2.11. The first kappa shape index (κ1) is 17.5. The average molecular weight is 421 g/mol. The van der Waals surface area contributed by atoms with Crippen LogP contribution in [0.1, 0.15) is 19.4 Å². The Hall–Kier alpha value is -1.89. The maximum Gasteiger partial charge on any atom is 0.259 e. The Bertz CT molecular complexity index is 666. The molecule has 2 N–H and O–H groups in total. The molecule has 0 radical (unpaired) electrons. The van der Waals surface area contributed by atoms with E-state index in [1.165, 1.54) is 0 Å². The molecular formula is C18H20IN3O. The molecular weight excluding hydrogens is 401 g/mol. The molecule has 0 atom stereocenters. The van der Waals surface area contributed by atoms with Crippen LogP contribution in [-0.2, 0) is 4.79 Å². The van der Waals surface area contributed by atoms with Crippen molar-refractivity contribution in [2.45, 2.75) is 13.8 Å².